The Morgan fingerprint density at radius 2 is 1.51 bits per heavy atom. The number of ether oxygens (including phenoxy) is 3. The number of hydrogen-bond donors (Lipinski definition) is 0. The third-order valence-corrected chi connectivity index (χ3v) is 8.29. The van der Waals surface area contributed by atoms with E-state index in [4.69, 9.17) is 14.2 Å². The number of carbonyl (C=O) groups is 1. The van der Waals surface area contributed by atoms with Crippen LogP contribution in [0.1, 0.15) is 27.4 Å². The van der Waals surface area contributed by atoms with Crippen LogP contribution in [0.3, 0.4) is 0 Å². The summed E-state index contributed by atoms with van der Waals surface area (Å²) in [5.74, 6) is 0.104. The van der Waals surface area contributed by atoms with Crippen LogP contribution in [0, 0.1) is 28.1 Å². The quantitative estimate of drug-likeness (QED) is 0.270. The van der Waals surface area contributed by atoms with Gasteiger partial charge in [0.15, 0.2) is 22.7 Å². The van der Waals surface area contributed by atoms with Crippen LogP contribution in [0.25, 0.3) is 16.8 Å². The monoisotopic (exact) mass is 541 g/mol. The summed E-state index contributed by atoms with van der Waals surface area (Å²) in [4.78, 5) is 16.5. The van der Waals surface area contributed by atoms with Gasteiger partial charge < -0.3 is 19.1 Å². The van der Waals surface area contributed by atoms with Gasteiger partial charge in [0.25, 0.3) is 0 Å². The average molecular weight is 542 g/mol. The van der Waals surface area contributed by atoms with E-state index in [9.17, 15) is 15.3 Å². The molecule has 2 aliphatic heterocycles. The number of hydrogen-bond acceptors (Lipinski definition) is 7. The first-order valence-corrected chi connectivity index (χ1v) is 13.2. The van der Waals surface area contributed by atoms with Gasteiger partial charge in [-0.25, -0.2) is 0 Å². The summed E-state index contributed by atoms with van der Waals surface area (Å²) in [5, 5.41) is 23.7. The molecule has 4 aromatic rings. The van der Waals surface area contributed by atoms with E-state index < -0.39 is 23.4 Å². The summed E-state index contributed by atoms with van der Waals surface area (Å²) in [5.41, 5.74) is 1.20. The van der Waals surface area contributed by atoms with Crippen LogP contribution in [-0.2, 0) is 0 Å². The smallest absolute Gasteiger partial charge is 0.203 e. The molecule has 6 rings (SSSR count). The Bertz CT molecular complexity index is 1740. The second-order valence-electron chi connectivity index (χ2n) is 10.1. The summed E-state index contributed by atoms with van der Waals surface area (Å²) < 4.78 is 16.8. The maximum Gasteiger partial charge on any atom is 0.203 e. The lowest BCUT2D eigenvalue weighted by atomic mass is 9.69. The Morgan fingerprint density at radius 1 is 0.854 bits per heavy atom. The van der Waals surface area contributed by atoms with Crippen molar-refractivity contribution in [3.8, 4) is 29.4 Å². The molecular formula is C34H27N3O4. The van der Waals surface area contributed by atoms with Gasteiger partial charge >= 0.3 is 0 Å². The molecule has 0 amide bonds. The van der Waals surface area contributed by atoms with Crippen LogP contribution < -0.4 is 19.1 Å². The van der Waals surface area contributed by atoms with Gasteiger partial charge in [0.2, 0.25) is 5.75 Å². The molecule has 0 spiro atoms. The second-order valence-corrected chi connectivity index (χ2v) is 10.1. The summed E-state index contributed by atoms with van der Waals surface area (Å²) in [6.07, 6.45) is 3.87. The van der Waals surface area contributed by atoms with E-state index in [1.54, 1.807) is 24.3 Å². The zero-order chi connectivity index (χ0) is 28.7. The van der Waals surface area contributed by atoms with E-state index in [0.29, 0.717) is 28.4 Å². The second kappa shape index (κ2) is 10.0. The highest BCUT2D eigenvalue weighted by Gasteiger charge is 2.63. The minimum absolute atomic E-state index is 0.184. The lowest BCUT2D eigenvalue weighted by Gasteiger charge is -2.36. The highest BCUT2D eigenvalue weighted by atomic mass is 16.5. The highest BCUT2D eigenvalue weighted by Crippen LogP contribution is 2.57. The van der Waals surface area contributed by atoms with Crippen molar-refractivity contribution < 1.29 is 19.0 Å². The fourth-order valence-corrected chi connectivity index (χ4v) is 6.48. The number of nitriles is 2. The Morgan fingerprint density at radius 3 is 2.15 bits per heavy atom. The van der Waals surface area contributed by atoms with E-state index in [2.05, 4.69) is 12.1 Å². The molecule has 41 heavy (non-hydrogen) atoms. The van der Waals surface area contributed by atoms with Crippen molar-refractivity contribution in [3.63, 3.8) is 0 Å². The normalized spacial score (nSPS) is 19.9. The largest absolute Gasteiger partial charge is 0.493 e. The number of nitrogens with zero attached hydrogens (tertiary/aromatic N) is 3. The predicted molar refractivity (Wildman–Crippen MR) is 156 cm³/mol. The lowest BCUT2D eigenvalue weighted by molar-refractivity contribution is 0.0950. The molecule has 7 heteroatoms. The van der Waals surface area contributed by atoms with Crippen LogP contribution in [0.15, 0.2) is 84.9 Å². The molecule has 1 saturated heterocycles. The summed E-state index contributed by atoms with van der Waals surface area (Å²) in [6, 6.07) is 27.7. The number of ketones is 1. The van der Waals surface area contributed by atoms with Gasteiger partial charge in [-0.15, -0.1) is 0 Å². The van der Waals surface area contributed by atoms with Crippen LogP contribution in [0.2, 0.25) is 0 Å². The van der Waals surface area contributed by atoms with Crippen molar-refractivity contribution in [3.05, 3.63) is 102 Å². The van der Waals surface area contributed by atoms with Gasteiger partial charge in [0.1, 0.15) is 6.04 Å². The number of benzene rings is 4. The molecule has 7 nitrogen and oxygen atoms in total. The van der Waals surface area contributed by atoms with Crippen LogP contribution >= 0.6 is 0 Å². The fourth-order valence-electron chi connectivity index (χ4n) is 6.48. The maximum atomic E-state index is 14.5. The van der Waals surface area contributed by atoms with Gasteiger partial charge in [0.05, 0.1) is 39.5 Å². The first-order valence-electron chi connectivity index (χ1n) is 13.2. The number of Topliss-reactive ketones (excluding diaryl/α,β-unsaturated/α-hetero) is 1. The SMILES string of the molecule is COc1cc([C@H]2[C@H](C(=O)c3ccccc3)N3c4ccc5ccccc5c4C=C[C@H]3C2(C#N)C#N)cc(OC)c1OC. The van der Waals surface area contributed by atoms with Crippen LogP contribution in [0.5, 0.6) is 17.2 Å². The van der Waals surface area contributed by atoms with Crippen molar-refractivity contribution in [2.45, 2.75) is 18.0 Å². The van der Waals surface area contributed by atoms with Gasteiger partial charge in [0, 0.05) is 22.7 Å². The standard InChI is InChI=1S/C34H27N3O4/c1-39-27-17-23(18-28(40-2)33(27)41-3)30-31(32(38)22-10-5-4-6-11-22)37-26-15-13-21-9-7-8-12-24(21)25(26)14-16-29(37)34(30,19-35)20-36/h4-18,29-31H,1-3H3/t29-,30-,31+/m0/s1. The average Bonchev–Trinajstić information content (AvgIpc) is 3.34. The number of rotatable bonds is 6. The molecule has 0 saturated carbocycles. The van der Waals surface area contributed by atoms with Gasteiger partial charge in [-0.1, -0.05) is 72.8 Å². The first kappa shape index (κ1) is 26.0. The van der Waals surface area contributed by atoms with Crippen molar-refractivity contribution >= 4 is 28.3 Å². The van der Waals surface area contributed by atoms with Crippen molar-refractivity contribution in [1.29, 1.82) is 10.5 Å². The molecular weight excluding hydrogens is 514 g/mol. The van der Waals surface area contributed by atoms with Crippen LogP contribution in [0.4, 0.5) is 5.69 Å². The lowest BCUT2D eigenvalue weighted by Crippen LogP contribution is -2.44. The third kappa shape index (κ3) is 3.74. The molecule has 0 aliphatic carbocycles. The minimum atomic E-state index is -1.61. The highest BCUT2D eigenvalue weighted by molar-refractivity contribution is 6.06. The molecule has 0 unspecified atom stereocenters. The molecule has 202 valence electrons. The van der Waals surface area contributed by atoms with Crippen molar-refractivity contribution in [2.75, 3.05) is 26.2 Å². The van der Waals surface area contributed by atoms with Gasteiger partial charge in [-0.05, 0) is 34.5 Å². The summed E-state index contributed by atoms with van der Waals surface area (Å²) in [6.45, 7) is 0. The molecule has 1 fully saturated rings. The Hall–Kier alpha value is -5.27. The Kier molecular flexibility index (Phi) is 6.36. The zero-order valence-corrected chi connectivity index (χ0v) is 22.9. The van der Waals surface area contributed by atoms with Crippen LogP contribution in [-0.4, -0.2) is 39.2 Å². The summed E-state index contributed by atoms with van der Waals surface area (Å²) >= 11 is 0. The number of carbonyl (C=O) groups excluding carboxylic acids is 1. The number of fused-ring (bicyclic) bond motifs is 5. The molecule has 0 aromatic heterocycles. The molecule has 0 bridgehead atoms. The first-order chi connectivity index (χ1) is 20.0. The Labute approximate surface area is 238 Å². The molecule has 4 aromatic carbocycles. The molecule has 0 radical (unpaired) electrons. The number of methoxy groups -OCH3 is 3. The molecule has 2 aliphatic rings. The molecule has 3 atom stereocenters. The van der Waals surface area contributed by atoms with E-state index >= 15 is 0 Å². The third-order valence-electron chi connectivity index (χ3n) is 8.29. The zero-order valence-electron chi connectivity index (χ0n) is 22.9. The van der Waals surface area contributed by atoms with Gasteiger partial charge in [-0.2, -0.15) is 10.5 Å². The van der Waals surface area contributed by atoms with E-state index in [1.807, 2.05) is 71.6 Å². The Balaban J connectivity index is 1.66. The fraction of sp³-hybridized carbons (Fsp3) is 0.206. The van der Waals surface area contributed by atoms with Crippen molar-refractivity contribution in [2.24, 2.45) is 5.41 Å². The van der Waals surface area contributed by atoms with Crippen molar-refractivity contribution in [1.82, 2.24) is 0 Å². The minimum Gasteiger partial charge on any atom is -0.493 e. The van der Waals surface area contributed by atoms with Gasteiger partial charge in [-0.3, -0.25) is 4.79 Å². The predicted octanol–water partition coefficient (Wildman–Crippen LogP) is 6.15. The van der Waals surface area contributed by atoms with E-state index in [-0.39, 0.29) is 5.78 Å². The molecule has 2 heterocycles. The summed E-state index contributed by atoms with van der Waals surface area (Å²) in [7, 11) is 4.54. The number of anilines is 1. The van der Waals surface area contributed by atoms with E-state index in [1.165, 1.54) is 21.3 Å². The molecule has 0 N–H and O–H groups in total. The topological polar surface area (TPSA) is 95.6 Å². The van der Waals surface area contributed by atoms with E-state index in [0.717, 1.165) is 22.0 Å². The maximum absolute atomic E-state index is 14.5.